The van der Waals surface area contributed by atoms with Crippen LogP contribution in [0.4, 0.5) is 5.82 Å². The van der Waals surface area contributed by atoms with Gasteiger partial charge in [0.1, 0.15) is 11.5 Å². The van der Waals surface area contributed by atoms with Gasteiger partial charge in [-0.15, -0.1) is 0 Å². The number of pyridine rings is 1. The summed E-state index contributed by atoms with van der Waals surface area (Å²) < 4.78 is 5.26. The van der Waals surface area contributed by atoms with Crippen LogP contribution < -0.4 is 5.73 Å². The van der Waals surface area contributed by atoms with Crippen molar-refractivity contribution < 1.29 is 4.52 Å². The van der Waals surface area contributed by atoms with Crippen LogP contribution in [0.1, 0.15) is 31.9 Å². The summed E-state index contributed by atoms with van der Waals surface area (Å²) in [5, 5.41) is 4.04. The molecule has 2 heterocycles. The molecule has 0 fully saturated rings. The van der Waals surface area contributed by atoms with Crippen LogP contribution in [0.25, 0.3) is 11.5 Å². The first-order valence-electron chi connectivity index (χ1n) is 5.40. The number of aromatic nitrogens is 2. The molecule has 0 aliphatic rings. The smallest absolute Gasteiger partial charge is 0.185 e. The molecule has 0 aromatic carbocycles. The third kappa shape index (κ3) is 2.05. The zero-order valence-corrected chi connectivity index (χ0v) is 9.47. The second kappa shape index (κ2) is 4.35. The molecule has 0 amide bonds. The number of nitrogens with two attached hydrogens (primary N) is 1. The predicted octanol–water partition coefficient (Wildman–Crippen LogP) is 2.83. The van der Waals surface area contributed by atoms with Gasteiger partial charge in [-0.2, -0.15) is 0 Å². The highest BCUT2D eigenvalue weighted by atomic mass is 16.5. The van der Waals surface area contributed by atoms with Gasteiger partial charge in [-0.1, -0.05) is 25.1 Å². The summed E-state index contributed by atoms with van der Waals surface area (Å²) in [4.78, 5) is 4.19. The van der Waals surface area contributed by atoms with Crippen LogP contribution in [-0.4, -0.2) is 10.1 Å². The Bertz CT molecular complexity index is 479. The van der Waals surface area contributed by atoms with E-state index < -0.39 is 0 Å². The molecule has 1 atom stereocenters. The number of hydrogen-bond acceptors (Lipinski definition) is 4. The molecule has 0 bridgehead atoms. The van der Waals surface area contributed by atoms with Crippen LogP contribution in [0, 0.1) is 0 Å². The molecule has 4 nitrogen and oxygen atoms in total. The zero-order valence-electron chi connectivity index (χ0n) is 9.47. The first-order chi connectivity index (χ1) is 7.70. The highest BCUT2D eigenvalue weighted by molar-refractivity contribution is 5.54. The minimum atomic E-state index is 0.401. The quantitative estimate of drug-likeness (QED) is 0.858. The van der Waals surface area contributed by atoms with E-state index >= 15 is 0 Å². The van der Waals surface area contributed by atoms with Crippen molar-refractivity contribution in [3.63, 3.8) is 0 Å². The van der Waals surface area contributed by atoms with Crippen molar-refractivity contribution in [3.05, 3.63) is 30.0 Å². The summed E-state index contributed by atoms with van der Waals surface area (Å²) in [6.45, 7) is 4.24. The zero-order chi connectivity index (χ0) is 11.5. The number of nitrogen functional groups attached to an aromatic ring is 1. The fourth-order valence-corrected chi connectivity index (χ4v) is 1.44. The van der Waals surface area contributed by atoms with Gasteiger partial charge in [0.25, 0.3) is 0 Å². The van der Waals surface area contributed by atoms with Gasteiger partial charge in [0.05, 0.1) is 5.69 Å². The Morgan fingerprint density at radius 3 is 2.94 bits per heavy atom. The lowest BCUT2D eigenvalue weighted by molar-refractivity contribution is 0.416. The van der Waals surface area contributed by atoms with E-state index in [2.05, 4.69) is 24.0 Å². The molecule has 0 aliphatic carbocycles. The second-order valence-corrected chi connectivity index (χ2v) is 3.87. The lowest BCUT2D eigenvalue weighted by Crippen LogP contribution is -1.91. The van der Waals surface area contributed by atoms with Crippen LogP contribution in [0.3, 0.4) is 0 Å². The Morgan fingerprint density at radius 1 is 1.44 bits per heavy atom. The molecule has 2 N–H and O–H groups in total. The van der Waals surface area contributed by atoms with E-state index in [-0.39, 0.29) is 0 Å². The predicted molar refractivity (Wildman–Crippen MR) is 62.9 cm³/mol. The Hall–Kier alpha value is -1.84. The third-order valence-electron chi connectivity index (χ3n) is 2.67. The van der Waals surface area contributed by atoms with Crippen LogP contribution in [0.5, 0.6) is 0 Å². The maximum atomic E-state index is 5.62. The molecule has 0 aliphatic heterocycles. The standard InChI is InChI=1S/C12H15N3O/c1-3-8(2)10-7-11(16-15-10)9-5-4-6-12(13)14-9/h4-8H,3H2,1-2H3,(H2,13,14)/t8-/m1/s1. The van der Waals surface area contributed by atoms with E-state index in [0.717, 1.165) is 17.8 Å². The van der Waals surface area contributed by atoms with Crippen LogP contribution in [-0.2, 0) is 0 Å². The molecular weight excluding hydrogens is 202 g/mol. The molecule has 2 aromatic heterocycles. The molecule has 0 saturated carbocycles. The van der Waals surface area contributed by atoms with Crippen LogP contribution in [0.15, 0.2) is 28.8 Å². The maximum absolute atomic E-state index is 5.62. The first kappa shape index (κ1) is 10.7. The number of nitrogens with zero attached hydrogens (tertiary/aromatic N) is 2. The summed E-state index contributed by atoms with van der Waals surface area (Å²) in [6.07, 6.45) is 1.04. The maximum Gasteiger partial charge on any atom is 0.185 e. The van der Waals surface area contributed by atoms with Gasteiger partial charge in [-0.05, 0) is 18.6 Å². The lowest BCUT2D eigenvalue weighted by atomic mass is 10.1. The molecule has 0 radical (unpaired) electrons. The van der Waals surface area contributed by atoms with Gasteiger partial charge in [0, 0.05) is 12.0 Å². The SMILES string of the molecule is CC[C@@H](C)c1cc(-c2cccc(N)n2)on1. The highest BCUT2D eigenvalue weighted by Crippen LogP contribution is 2.24. The van der Waals surface area contributed by atoms with Crippen molar-refractivity contribution in [2.45, 2.75) is 26.2 Å². The van der Waals surface area contributed by atoms with Gasteiger partial charge in [0.15, 0.2) is 5.76 Å². The summed E-state index contributed by atoms with van der Waals surface area (Å²) in [7, 11) is 0. The van der Waals surface area contributed by atoms with Crippen molar-refractivity contribution in [2.75, 3.05) is 5.73 Å². The highest BCUT2D eigenvalue weighted by Gasteiger charge is 2.12. The number of hydrogen-bond donors (Lipinski definition) is 1. The summed E-state index contributed by atoms with van der Waals surface area (Å²) in [6, 6.07) is 7.38. The summed E-state index contributed by atoms with van der Waals surface area (Å²) >= 11 is 0. The van der Waals surface area contributed by atoms with E-state index in [1.807, 2.05) is 18.2 Å². The molecule has 16 heavy (non-hydrogen) atoms. The van der Waals surface area contributed by atoms with E-state index in [1.54, 1.807) is 6.07 Å². The van der Waals surface area contributed by atoms with Crippen molar-refractivity contribution in [3.8, 4) is 11.5 Å². The summed E-state index contributed by atoms with van der Waals surface area (Å²) in [5.74, 6) is 1.56. The first-order valence-corrected chi connectivity index (χ1v) is 5.40. The van der Waals surface area contributed by atoms with Gasteiger partial charge in [0.2, 0.25) is 0 Å². The van der Waals surface area contributed by atoms with Crippen molar-refractivity contribution in [1.29, 1.82) is 0 Å². The lowest BCUT2D eigenvalue weighted by Gasteiger charge is -2.00. The normalized spacial score (nSPS) is 12.6. The second-order valence-electron chi connectivity index (χ2n) is 3.87. The molecular formula is C12H15N3O. The van der Waals surface area contributed by atoms with E-state index in [1.165, 1.54) is 0 Å². The Morgan fingerprint density at radius 2 is 2.25 bits per heavy atom. The molecule has 84 valence electrons. The van der Waals surface area contributed by atoms with E-state index in [9.17, 15) is 0 Å². The largest absolute Gasteiger partial charge is 0.384 e. The average Bonchev–Trinajstić information content (AvgIpc) is 2.77. The van der Waals surface area contributed by atoms with E-state index in [0.29, 0.717) is 17.5 Å². The number of anilines is 1. The molecule has 0 saturated heterocycles. The van der Waals surface area contributed by atoms with Gasteiger partial charge in [-0.25, -0.2) is 4.98 Å². The molecule has 0 spiro atoms. The van der Waals surface area contributed by atoms with E-state index in [4.69, 9.17) is 10.3 Å². The fraction of sp³-hybridized carbons (Fsp3) is 0.333. The van der Waals surface area contributed by atoms with Crippen LogP contribution in [0.2, 0.25) is 0 Å². The van der Waals surface area contributed by atoms with Gasteiger partial charge in [-0.3, -0.25) is 0 Å². The topological polar surface area (TPSA) is 64.9 Å². The molecule has 2 aromatic rings. The fourth-order valence-electron chi connectivity index (χ4n) is 1.44. The van der Waals surface area contributed by atoms with Crippen molar-refractivity contribution >= 4 is 5.82 Å². The Kier molecular flexibility index (Phi) is 2.90. The molecule has 4 heteroatoms. The Labute approximate surface area is 94.5 Å². The molecule has 0 unspecified atom stereocenters. The monoisotopic (exact) mass is 217 g/mol. The molecule has 2 rings (SSSR count). The number of rotatable bonds is 3. The van der Waals surface area contributed by atoms with Crippen molar-refractivity contribution in [2.24, 2.45) is 0 Å². The average molecular weight is 217 g/mol. The minimum absolute atomic E-state index is 0.401. The van der Waals surface area contributed by atoms with Gasteiger partial charge >= 0.3 is 0 Å². The minimum Gasteiger partial charge on any atom is -0.384 e. The van der Waals surface area contributed by atoms with Gasteiger partial charge < -0.3 is 10.3 Å². The third-order valence-corrected chi connectivity index (χ3v) is 2.67. The van der Waals surface area contributed by atoms with Crippen LogP contribution >= 0.6 is 0 Å². The van der Waals surface area contributed by atoms with Crippen molar-refractivity contribution in [1.82, 2.24) is 10.1 Å². The Balaban J connectivity index is 2.31. The summed E-state index contributed by atoms with van der Waals surface area (Å²) in [5.41, 5.74) is 7.30.